The van der Waals surface area contributed by atoms with Crippen LogP contribution in [0.2, 0.25) is 5.02 Å². The zero-order valence-corrected chi connectivity index (χ0v) is 17.7. The summed E-state index contributed by atoms with van der Waals surface area (Å²) in [7, 11) is 0. The van der Waals surface area contributed by atoms with Crippen molar-refractivity contribution in [3.63, 3.8) is 0 Å². The van der Waals surface area contributed by atoms with Crippen LogP contribution in [0.15, 0.2) is 42.5 Å². The lowest BCUT2D eigenvalue weighted by atomic mass is 10.1. The van der Waals surface area contributed by atoms with E-state index in [2.05, 4.69) is 10.6 Å². The molecule has 0 radical (unpaired) electrons. The number of carbonyl (C=O) groups excluding carboxylic acids is 2. The number of anilines is 2. The van der Waals surface area contributed by atoms with Gasteiger partial charge in [-0.1, -0.05) is 11.6 Å². The third kappa shape index (κ3) is 6.94. The van der Waals surface area contributed by atoms with Gasteiger partial charge in [0, 0.05) is 10.7 Å². The molecule has 0 aliphatic heterocycles. The monoisotopic (exact) mass is 422 g/mol. The highest BCUT2D eigenvalue weighted by atomic mass is 35.5. The second-order valence-electron chi connectivity index (χ2n) is 7.84. The summed E-state index contributed by atoms with van der Waals surface area (Å²) >= 11 is 5.85. The molecule has 0 saturated carbocycles. The van der Waals surface area contributed by atoms with Gasteiger partial charge in [-0.2, -0.15) is 0 Å². The van der Waals surface area contributed by atoms with E-state index in [4.69, 9.17) is 21.1 Å². The molecule has 6 nitrogen and oxygen atoms in total. The summed E-state index contributed by atoms with van der Waals surface area (Å²) in [6.07, 6.45) is -0.800. The van der Waals surface area contributed by atoms with Crippen LogP contribution in [0.25, 0.3) is 0 Å². The second kappa shape index (κ2) is 8.69. The standard InChI is InChI=1S/C21H24ClFN2O4/c1-20(2,3)29-19(27)25-17-12-14(8-11-16(17)23)24-18(26)21(4,5)28-15-9-6-13(22)7-10-15/h6-12H,1-5H3,(H,24,26)(H,25,27). The van der Waals surface area contributed by atoms with Gasteiger partial charge in [-0.15, -0.1) is 0 Å². The van der Waals surface area contributed by atoms with Gasteiger partial charge in [0.15, 0.2) is 5.60 Å². The Bertz CT molecular complexity index is 893. The molecular formula is C21H24ClFN2O4. The fourth-order valence-corrected chi connectivity index (χ4v) is 2.36. The van der Waals surface area contributed by atoms with Gasteiger partial charge in [0.25, 0.3) is 5.91 Å². The van der Waals surface area contributed by atoms with Crippen molar-refractivity contribution in [3.8, 4) is 5.75 Å². The summed E-state index contributed by atoms with van der Waals surface area (Å²) in [5.74, 6) is -0.645. The van der Waals surface area contributed by atoms with Crippen LogP contribution in [0.3, 0.4) is 0 Å². The van der Waals surface area contributed by atoms with Crippen molar-refractivity contribution in [3.05, 3.63) is 53.3 Å². The number of halogens is 2. The molecule has 0 atom stereocenters. The molecule has 29 heavy (non-hydrogen) atoms. The van der Waals surface area contributed by atoms with Crippen LogP contribution in [0.5, 0.6) is 5.75 Å². The fraction of sp³-hybridized carbons (Fsp3) is 0.333. The number of ether oxygens (including phenoxy) is 2. The molecule has 2 amide bonds. The Kier molecular flexibility index (Phi) is 6.74. The van der Waals surface area contributed by atoms with Gasteiger partial charge >= 0.3 is 6.09 Å². The first-order chi connectivity index (χ1) is 13.4. The van der Waals surface area contributed by atoms with Crippen molar-refractivity contribution < 1.29 is 23.5 Å². The summed E-state index contributed by atoms with van der Waals surface area (Å²) in [4.78, 5) is 24.5. The van der Waals surface area contributed by atoms with Gasteiger partial charge in [-0.3, -0.25) is 10.1 Å². The summed E-state index contributed by atoms with van der Waals surface area (Å²) in [5.41, 5.74) is -1.78. The molecule has 8 heteroatoms. The number of amides is 2. The van der Waals surface area contributed by atoms with Gasteiger partial charge in [0.1, 0.15) is 17.2 Å². The smallest absolute Gasteiger partial charge is 0.412 e. The minimum absolute atomic E-state index is 0.117. The fourth-order valence-electron chi connectivity index (χ4n) is 2.24. The van der Waals surface area contributed by atoms with Crippen LogP contribution in [0, 0.1) is 5.82 Å². The molecule has 0 heterocycles. The van der Waals surface area contributed by atoms with Gasteiger partial charge in [-0.25, -0.2) is 9.18 Å². The van der Waals surface area contributed by atoms with Crippen LogP contribution < -0.4 is 15.4 Å². The molecule has 2 rings (SSSR count). The average Bonchev–Trinajstić information content (AvgIpc) is 2.58. The Labute approximate surface area is 174 Å². The molecule has 0 bridgehead atoms. The van der Waals surface area contributed by atoms with Crippen LogP contribution in [0.4, 0.5) is 20.6 Å². The van der Waals surface area contributed by atoms with E-state index in [1.54, 1.807) is 58.9 Å². The zero-order chi connectivity index (χ0) is 21.8. The summed E-state index contributed by atoms with van der Waals surface area (Å²) < 4.78 is 24.9. The third-order valence-electron chi connectivity index (χ3n) is 3.59. The van der Waals surface area contributed by atoms with Gasteiger partial charge < -0.3 is 14.8 Å². The van der Waals surface area contributed by atoms with E-state index < -0.39 is 29.0 Å². The number of hydrogen-bond donors (Lipinski definition) is 2. The lowest BCUT2D eigenvalue weighted by Gasteiger charge is -2.25. The predicted molar refractivity (Wildman–Crippen MR) is 111 cm³/mol. The Hall–Kier alpha value is -2.80. The molecule has 2 aromatic carbocycles. The minimum atomic E-state index is -1.22. The first-order valence-electron chi connectivity index (χ1n) is 8.91. The van der Waals surface area contributed by atoms with Crippen LogP contribution in [-0.4, -0.2) is 23.2 Å². The minimum Gasteiger partial charge on any atom is -0.478 e. The molecule has 0 aromatic heterocycles. The average molecular weight is 423 g/mol. The maximum atomic E-state index is 14.0. The Morgan fingerprint density at radius 1 is 0.966 bits per heavy atom. The number of rotatable bonds is 5. The number of benzene rings is 2. The maximum Gasteiger partial charge on any atom is 0.412 e. The summed E-state index contributed by atoms with van der Waals surface area (Å²) in [5, 5.41) is 5.54. The van der Waals surface area contributed by atoms with Crippen molar-refractivity contribution in [2.45, 2.75) is 45.8 Å². The molecule has 0 unspecified atom stereocenters. The van der Waals surface area contributed by atoms with Crippen molar-refractivity contribution in [1.82, 2.24) is 0 Å². The lowest BCUT2D eigenvalue weighted by Crippen LogP contribution is -2.42. The molecule has 0 aliphatic rings. The molecule has 0 fully saturated rings. The lowest BCUT2D eigenvalue weighted by molar-refractivity contribution is -0.128. The Balaban J connectivity index is 2.09. The number of hydrogen-bond acceptors (Lipinski definition) is 4. The first-order valence-corrected chi connectivity index (χ1v) is 9.29. The molecule has 0 aliphatic carbocycles. The SMILES string of the molecule is CC(C)(C)OC(=O)Nc1cc(NC(=O)C(C)(C)Oc2ccc(Cl)cc2)ccc1F. The summed E-state index contributed by atoms with van der Waals surface area (Å²) in [6.45, 7) is 8.29. The van der Waals surface area contributed by atoms with E-state index in [0.29, 0.717) is 10.8 Å². The molecular weight excluding hydrogens is 399 g/mol. The quantitative estimate of drug-likeness (QED) is 0.655. The summed E-state index contributed by atoms with van der Waals surface area (Å²) in [6, 6.07) is 10.4. The Morgan fingerprint density at radius 2 is 1.59 bits per heavy atom. The molecule has 0 spiro atoms. The second-order valence-corrected chi connectivity index (χ2v) is 8.28. The molecule has 2 aromatic rings. The third-order valence-corrected chi connectivity index (χ3v) is 3.85. The van der Waals surface area contributed by atoms with Crippen molar-refractivity contribution >= 4 is 35.0 Å². The van der Waals surface area contributed by atoms with Crippen molar-refractivity contribution in [2.24, 2.45) is 0 Å². The van der Waals surface area contributed by atoms with Crippen molar-refractivity contribution in [2.75, 3.05) is 10.6 Å². The zero-order valence-electron chi connectivity index (χ0n) is 16.9. The largest absolute Gasteiger partial charge is 0.478 e. The van der Waals surface area contributed by atoms with Crippen LogP contribution in [0.1, 0.15) is 34.6 Å². The molecule has 156 valence electrons. The topological polar surface area (TPSA) is 76.7 Å². The molecule has 0 saturated heterocycles. The van der Waals surface area contributed by atoms with Crippen LogP contribution >= 0.6 is 11.6 Å². The maximum absolute atomic E-state index is 14.0. The van der Waals surface area contributed by atoms with Crippen molar-refractivity contribution in [1.29, 1.82) is 0 Å². The normalized spacial score (nSPS) is 11.6. The number of carbonyl (C=O) groups is 2. The predicted octanol–water partition coefficient (Wildman–Crippen LogP) is 5.62. The van der Waals surface area contributed by atoms with E-state index in [0.717, 1.165) is 6.07 Å². The highest BCUT2D eigenvalue weighted by Crippen LogP contribution is 2.24. The first kappa shape index (κ1) is 22.5. The highest BCUT2D eigenvalue weighted by Gasteiger charge is 2.30. The van der Waals surface area contributed by atoms with Crippen LogP contribution in [-0.2, 0) is 9.53 Å². The van der Waals surface area contributed by atoms with Gasteiger partial charge in [-0.05, 0) is 77.1 Å². The number of nitrogens with one attached hydrogen (secondary N) is 2. The van der Waals surface area contributed by atoms with E-state index >= 15 is 0 Å². The molecule has 2 N–H and O–H groups in total. The highest BCUT2D eigenvalue weighted by molar-refractivity contribution is 6.30. The van der Waals surface area contributed by atoms with Gasteiger partial charge in [0.05, 0.1) is 5.69 Å². The van der Waals surface area contributed by atoms with E-state index in [-0.39, 0.29) is 11.4 Å². The van der Waals surface area contributed by atoms with Gasteiger partial charge in [0.2, 0.25) is 0 Å². The van der Waals surface area contributed by atoms with E-state index in [1.165, 1.54) is 12.1 Å². The Morgan fingerprint density at radius 3 is 2.17 bits per heavy atom. The van der Waals surface area contributed by atoms with E-state index in [9.17, 15) is 14.0 Å². The van der Waals surface area contributed by atoms with E-state index in [1.807, 2.05) is 0 Å².